The van der Waals surface area contributed by atoms with Gasteiger partial charge in [-0.2, -0.15) is 15.4 Å². The Hall–Kier alpha value is -1.38. The highest BCUT2D eigenvalue weighted by Crippen LogP contribution is 2.16. The molecule has 1 heterocycles. The van der Waals surface area contributed by atoms with E-state index in [1.165, 1.54) is 44.1 Å². The SMILES string of the molecule is CCCCCCCCc1cccc2n[nH]nc12. The van der Waals surface area contributed by atoms with Crippen molar-refractivity contribution in [3.05, 3.63) is 23.8 Å². The van der Waals surface area contributed by atoms with Gasteiger partial charge < -0.3 is 0 Å². The number of H-pyrrole nitrogens is 1. The molecule has 2 rings (SSSR count). The van der Waals surface area contributed by atoms with E-state index in [4.69, 9.17) is 0 Å². The number of rotatable bonds is 7. The summed E-state index contributed by atoms with van der Waals surface area (Å²) in [6.07, 6.45) is 9.14. The van der Waals surface area contributed by atoms with Gasteiger partial charge in [-0.1, -0.05) is 51.2 Å². The number of aromatic nitrogens is 3. The standard InChI is InChI=1S/C14H21N3/c1-2-3-4-5-6-7-9-12-10-8-11-13-14(12)16-17-15-13/h8,10-11H,2-7,9H2,1H3,(H,15,16,17). The molecule has 0 radical (unpaired) electrons. The number of benzene rings is 1. The van der Waals surface area contributed by atoms with E-state index in [0.29, 0.717) is 0 Å². The molecule has 0 saturated carbocycles. The fraction of sp³-hybridized carbons (Fsp3) is 0.571. The summed E-state index contributed by atoms with van der Waals surface area (Å²) in [7, 11) is 0. The third kappa shape index (κ3) is 3.29. The summed E-state index contributed by atoms with van der Waals surface area (Å²) in [5, 5.41) is 11.0. The summed E-state index contributed by atoms with van der Waals surface area (Å²) in [5.41, 5.74) is 3.35. The summed E-state index contributed by atoms with van der Waals surface area (Å²) in [5.74, 6) is 0. The molecule has 0 amide bonds. The van der Waals surface area contributed by atoms with Gasteiger partial charge in [-0.15, -0.1) is 0 Å². The van der Waals surface area contributed by atoms with Crippen LogP contribution in [0.4, 0.5) is 0 Å². The van der Waals surface area contributed by atoms with E-state index in [0.717, 1.165) is 17.5 Å². The van der Waals surface area contributed by atoms with E-state index in [-0.39, 0.29) is 0 Å². The molecule has 3 heteroatoms. The molecule has 3 nitrogen and oxygen atoms in total. The zero-order valence-electron chi connectivity index (χ0n) is 10.6. The van der Waals surface area contributed by atoms with Crippen LogP contribution in [0.15, 0.2) is 18.2 Å². The number of unbranched alkanes of at least 4 members (excludes halogenated alkanes) is 5. The predicted molar refractivity (Wildman–Crippen MR) is 71.0 cm³/mol. The van der Waals surface area contributed by atoms with Crippen LogP contribution >= 0.6 is 0 Å². The zero-order chi connectivity index (χ0) is 11.9. The van der Waals surface area contributed by atoms with Crippen LogP contribution in [0.5, 0.6) is 0 Å². The Morgan fingerprint density at radius 2 is 1.82 bits per heavy atom. The molecule has 0 spiro atoms. The lowest BCUT2D eigenvalue weighted by atomic mass is 10.0. The highest BCUT2D eigenvalue weighted by atomic mass is 15.3. The first-order chi connectivity index (χ1) is 8.42. The van der Waals surface area contributed by atoms with Crippen molar-refractivity contribution in [2.24, 2.45) is 0 Å². The monoisotopic (exact) mass is 231 g/mol. The van der Waals surface area contributed by atoms with Crippen LogP contribution in [0.3, 0.4) is 0 Å². The van der Waals surface area contributed by atoms with Crippen molar-refractivity contribution >= 4 is 11.0 Å². The van der Waals surface area contributed by atoms with Crippen molar-refractivity contribution in [3.8, 4) is 0 Å². The van der Waals surface area contributed by atoms with E-state index in [1.54, 1.807) is 0 Å². The molecule has 1 aromatic carbocycles. The lowest BCUT2D eigenvalue weighted by molar-refractivity contribution is 0.608. The van der Waals surface area contributed by atoms with E-state index in [9.17, 15) is 0 Å². The lowest BCUT2D eigenvalue weighted by Crippen LogP contribution is -1.88. The van der Waals surface area contributed by atoms with Gasteiger partial charge in [-0.25, -0.2) is 0 Å². The second kappa shape index (κ2) is 6.38. The Labute approximate surface area is 103 Å². The first kappa shape index (κ1) is 12.1. The topological polar surface area (TPSA) is 41.6 Å². The molecule has 0 aliphatic rings. The van der Waals surface area contributed by atoms with Gasteiger partial charge in [0.2, 0.25) is 0 Å². The predicted octanol–water partition coefficient (Wildman–Crippen LogP) is 3.86. The maximum absolute atomic E-state index is 4.21. The number of fused-ring (bicyclic) bond motifs is 1. The molecule has 0 unspecified atom stereocenters. The molecule has 92 valence electrons. The van der Waals surface area contributed by atoms with Crippen LogP contribution in [0.25, 0.3) is 11.0 Å². The van der Waals surface area contributed by atoms with Crippen LogP contribution < -0.4 is 0 Å². The fourth-order valence-electron chi connectivity index (χ4n) is 2.22. The van der Waals surface area contributed by atoms with Crippen molar-refractivity contribution in [2.75, 3.05) is 0 Å². The normalized spacial score (nSPS) is 11.1. The van der Waals surface area contributed by atoms with Gasteiger partial charge in [0, 0.05) is 0 Å². The quantitative estimate of drug-likeness (QED) is 0.735. The molecule has 1 N–H and O–H groups in total. The maximum atomic E-state index is 4.21. The van der Waals surface area contributed by atoms with Gasteiger partial charge in [0.15, 0.2) is 0 Å². The van der Waals surface area contributed by atoms with Crippen molar-refractivity contribution in [1.82, 2.24) is 15.4 Å². The summed E-state index contributed by atoms with van der Waals surface area (Å²) >= 11 is 0. The van der Waals surface area contributed by atoms with Gasteiger partial charge in [0.25, 0.3) is 0 Å². The molecule has 0 aliphatic carbocycles. The first-order valence-corrected chi connectivity index (χ1v) is 6.70. The van der Waals surface area contributed by atoms with Gasteiger partial charge in [0.05, 0.1) is 0 Å². The van der Waals surface area contributed by atoms with E-state index < -0.39 is 0 Å². The number of para-hydroxylation sites is 1. The minimum absolute atomic E-state index is 0.980. The minimum atomic E-state index is 0.980. The van der Waals surface area contributed by atoms with Crippen molar-refractivity contribution in [2.45, 2.75) is 51.9 Å². The summed E-state index contributed by atoms with van der Waals surface area (Å²) in [4.78, 5) is 0. The number of nitrogens with zero attached hydrogens (tertiary/aromatic N) is 2. The molecule has 17 heavy (non-hydrogen) atoms. The van der Waals surface area contributed by atoms with Crippen LogP contribution in [-0.2, 0) is 6.42 Å². The maximum Gasteiger partial charge on any atom is 0.116 e. The van der Waals surface area contributed by atoms with Crippen LogP contribution in [0.1, 0.15) is 51.0 Å². The first-order valence-electron chi connectivity index (χ1n) is 6.70. The smallest absolute Gasteiger partial charge is 0.116 e. The molecule has 0 bridgehead atoms. The highest BCUT2D eigenvalue weighted by molar-refractivity contribution is 5.77. The Balaban J connectivity index is 1.80. The Bertz CT molecular complexity index is 447. The second-order valence-electron chi connectivity index (χ2n) is 4.63. The van der Waals surface area contributed by atoms with Gasteiger partial charge in [0.1, 0.15) is 11.0 Å². The number of aryl methyl sites for hydroxylation is 1. The van der Waals surface area contributed by atoms with Crippen molar-refractivity contribution in [3.63, 3.8) is 0 Å². The molecule has 2 aromatic rings. The van der Waals surface area contributed by atoms with Crippen LogP contribution in [0, 0.1) is 0 Å². The van der Waals surface area contributed by atoms with Crippen molar-refractivity contribution < 1.29 is 0 Å². The van der Waals surface area contributed by atoms with Gasteiger partial charge >= 0.3 is 0 Å². The molecule has 0 saturated heterocycles. The highest BCUT2D eigenvalue weighted by Gasteiger charge is 2.03. The van der Waals surface area contributed by atoms with E-state index in [1.807, 2.05) is 6.07 Å². The number of hydrogen-bond donors (Lipinski definition) is 1. The van der Waals surface area contributed by atoms with Crippen LogP contribution in [-0.4, -0.2) is 15.4 Å². The molecule has 1 aromatic heterocycles. The third-order valence-electron chi connectivity index (χ3n) is 3.23. The Morgan fingerprint density at radius 3 is 2.71 bits per heavy atom. The molecule has 0 aliphatic heterocycles. The molecule has 0 fully saturated rings. The summed E-state index contributed by atoms with van der Waals surface area (Å²) in [6, 6.07) is 6.23. The van der Waals surface area contributed by atoms with Crippen molar-refractivity contribution in [1.29, 1.82) is 0 Å². The minimum Gasteiger partial charge on any atom is -0.197 e. The second-order valence-corrected chi connectivity index (χ2v) is 4.63. The molecular formula is C14H21N3. The van der Waals surface area contributed by atoms with Gasteiger partial charge in [-0.3, -0.25) is 0 Å². The fourth-order valence-corrected chi connectivity index (χ4v) is 2.22. The lowest BCUT2D eigenvalue weighted by Gasteiger charge is -2.02. The Morgan fingerprint density at radius 1 is 1.00 bits per heavy atom. The average Bonchev–Trinajstić information content (AvgIpc) is 2.82. The molecular weight excluding hydrogens is 210 g/mol. The Kier molecular flexibility index (Phi) is 4.54. The summed E-state index contributed by atoms with van der Waals surface area (Å²) < 4.78 is 0. The van der Waals surface area contributed by atoms with Gasteiger partial charge in [-0.05, 0) is 24.5 Å². The zero-order valence-corrected chi connectivity index (χ0v) is 10.6. The number of aromatic amines is 1. The van der Waals surface area contributed by atoms with E-state index >= 15 is 0 Å². The van der Waals surface area contributed by atoms with Crippen LogP contribution in [0.2, 0.25) is 0 Å². The number of hydrogen-bond acceptors (Lipinski definition) is 2. The average molecular weight is 231 g/mol. The third-order valence-corrected chi connectivity index (χ3v) is 3.23. The largest absolute Gasteiger partial charge is 0.197 e. The number of nitrogens with one attached hydrogen (secondary N) is 1. The molecule has 0 atom stereocenters. The van der Waals surface area contributed by atoms with E-state index in [2.05, 4.69) is 34.5 Å². The summed E-state index contributed by atoms with van der Waals surface area (Å²) in [6.45, 7) is 2.26.